The molecule has 5 heteroatoms. The number of hydrogen-bond donors (Lipinski definition) is 0. The minimum absolute atomic E-state index is 0.0465. The topological polar surface area (TPSA) is 32.7 Å². The lowest BCUT2D eigenvalue weighted by Gasteiger charge is -2.28. The summed E-state index contributed by atoms with van der Waals surface area (Å²) in [6.07, 6.45) is 1.06. The highest BCUT2D eigenvalue weighted by Crippen LogP contribution is 2.27. The maximum Gasteiger partial charge on any atom is 0.182 e. The first-order valence-corrected chi connectivity index (χ1v) is 9.34. The van der Waals surface area contributed by atoms with E-state index in [0.717, 1.165) is 40.7 Å². The molecule has 0 radical (unpaired) electrons. The Hall–Kier alpha value is -2.14. The highest BCUT2D eigenvalue weighted by molar-refractivity contribution is 8.14. The van der Waals surface area contributed by atoms with Crippen LogP contribution in [0.3, 0.4) is 0 Å². The van der Waals surface area contributed by atoms with Crippen molar-refractivity contribution in [1.82, 2.24) is 0 Å². The standard InChI is InChI=1S/C20H21FN2OS/c1-14-4-5-15(2)18(12-14)23(20-22-10-3-11-25-20)13-19(24)16-6-8-17(21)9-7-16/h4-9,12H,3,10-11,13H2,1-2H3. The summed E-state index contributed by atoms with van der Waals surface area (Å²) in [6.45, 7) is 5.06. The molecule has 0 saturated heterocycles. The van der Waals surface area contributed by atoms with Gasteiger partial charge in [0.1, 0.15) is 5.82 Å². The lowest BCUT2D eigenvalue weighted by atomic mass is 10.1. The number of ketones is 1. The van der Waals surface area contributed by atoms with Gasteiger partial charge in [0.15, 0.2) is 11.0 Å². The highest BCUT2D eigenvalue weighted by atomic mass is 32.2. The second kappa shape index (κ2) is 7.83. The van der Waals surface area contributed by atoms with Crippen molar-refractivity contribution in [3.8, 4) is 0 Å². The zero-order chi connectivity index (χ0) is 17.8. The Morgan fingerprint density at radius 3 is 2.64 bits per heavy atom. The molecule has 0 aromatic heterocycles. The second-order valence-corrected chi connectivity index (χ2v) is 7.23. The van der Waals surface area contributed by atoms with Gasteiger partial charge in [0.25, 0.3) is 0 Å². The zero-order valence-electron chi connectivity index (χ0n) is 14.5. The summed E-state index contributed by atoms with van der Waals surface area (Å²) in [6, 6.07) is 11.9. The molecule has 3 nitrogen and oxygen atoms in total. The van der Waals surface area contributed by atoms with Crippen molar-refractivity contribution in [3.63, 3.8) is 0 Å². The molecule has 1 aliphatic rings. The Balaban J connectivity index is 1.93. The van der Waals surface area contributed by atoms with Gasteiger partial charge in [-0.25, -0.2) is 4.39 Å². The number of anilines is 1. The summed E-state index contributed by atoms with van der Waals surface area (Å²) in [5, 5.41) is 0.885. The zero-order valence-corrected chi connectivity index (χ0v) is 15.3. The van der Waals surface area contributed by atoms with Crippen molar-refractivity contribution in [2.75, 3.05) is 23.7 Å². The van der Waals surface area contributed by atoms with Gasteiger partial charge in [-0.15, -0.1) is 0 Å². The Morgan fingerprint density at radius 1 is 1.20 bits per heavy atom. The average molecular weight is 356 g/mol. The molecule has 0 aliphatic carbocycles. The van der Waals surface area contributed by atoms with Gasteiger partial charge in [0.05, 0.1) is 6.54 Å². The SMILES string of the molecule is Cc1ccc(C)c(N(CC(=O)c2ccc(F)cc2)C2=NCCCS2)c1. The van der Waals surface area contributed by atoms with E-state index in [0.29, 0.717) is 5.56 Å². The molecule has 0 amide bonds. The van der Waals surface area contributed by atoms with Gasteiger partial charge in [-0.3, -0.25) is 9.79 Å². The van der Waals surface area contributed by atoms with Crippen molar-refractivity contribution in [2.24, 2.45) is 4.99 Å². The van der Waals surface area contributed by atoms with Gasteiger partial charge >= 0.3 is 0 Å². The average Bonchev–Trinajstić information content (AvgIpc) is 2.63. The summed E-state index contributed by atoms with van der Waals surface area (Å²) in [5.74, 6) is 0.621. The summed E-state index contributed by atoms with van der Waals surface area (Å²) >= 11 is 1.68. The first-order chi connectivity index (χ1) is 12.0. The van der Waals surface area contributed by atoms with Crippen molar-refractivity contribution < 1.29 is 9.18 Å². The quantitative estimate of drug-likeness (QED) is 0.749. The van der Waals surface area contributed by atoms with E-state index in [4.69, 9.17) is 0 Å². The van der Waals surface area contributed by atoms with Crippen LogP contribution < -0.4 is 4.90 Å². The van der Waals surface area contributed by atoms with Crippen molar-refractivity contribution in [1.29, 1.82) is 0 Å². The van der Waals surface area contributed by atoms with Crippen LogP contribution in [0.5, 0.6) is 0 Å². The van der Waals surface area contributed by atoms with Crippen molar-refractivity contribution in [3.05, 3.63) is 65.0 Å². The van der Waals surface area contributed by atoms with Crippen LogP contribution >= 0.6 is 11.8 Å². The Bertz CT molecular complexity index is 802. The molecule has 0 unspecified atom stereocenters. The van der Waals surface area contributed by atoms with Crippen molar-refractivity contribution >= 4 is 28.4 Å². The molecule has 0 bridgehead atoms. The smallest absolute Gasteiger partial charge is 0.182 e. The first-order valence-electron chi connectivity index (χ1n) is 8.35. The molecule has 2 aromatic carbocycles. The van der Waals surface area contributed by atoms with Gasteiger partial charge in [-0.2, -0.15) is 0 Å². The number of halogens is 1. The van der Waals surface area contributed by atoms with Crippen LogP contribution in [0.2, 0.25) is 0 Å². The molecular weight excluding hydrogens is 335 g/mol. The van der Waals surface area contributed by atoms with Gasteiger partial charge < -0.3 is 4.90 Å². The predicted octanol–water partition coefficient (Wildman–Crippen LogP) is 4.62. The van der Waals surface area contributed by atoms with Crippen LogP contribution in [-0.2, 0) is 0 Å². The van der Waals surface area contributed by atoms with E-state index in [2.05, 4.69) is 23.2 Å². The monoisotopic (exact) mass is 356 g/mol. The maximum atomic E-state index is 13.1. The second-order valence-electron chi connectivity index (χ2n) is 6.17. The van der Waals surface area contributed by atoms with Crippen molar-refractivity contribution in [2.45, 2.75) is 20.3 Å². The van der Waals surface area contributed by atoms with Crippen LogP contribution in [0.4, 0.5) is 10.1 Å². The number of carbonyl (C=O) groups is 1. The first kappa shape index (κ1) is 17.7. The molecule has 130 valence electrons. The summed E-state index contributed by atoms with van der Waals surface area (Å²) in [5.41, 5.74) is 3.76. The largest absolute Gasteiger partial charge is 0.313 e. The van der Waals surface area contributed by atoms with Crippen LogP contribution in [-0.4, -0.2) is 29.8 Å². The molecule has 0 saturated carbocycles. The molecule has 0 fully saturated rings. The van der Waals surface area contributed by atoms with Crippen LogP contribution in [0.25, 0.3) is 0 Å². The number of thioether (sulfide) groups is 1. The van der Waals surface area contributed by atoms with E-state index >= 15 is 0 Å². The van der Waals surface area contributed by atoms with Gasteiger partial charge in [-0.1, -0.05) is 23.9 Å². The third-order valence-electron chi connectivity index (χ3n) is 4.13. The van der Waals surface area contributed by atoms with E-state index in [-0.39, 0.29) is 18.1 Å². The Labute approximate surface area is 152 Å². The van der Waals surface area contributed by atoms with Crippen LogP contribution in [0.15, 0.2) is 47.5 Å². The summed E-state index contributed by atoms with van der Waals surface area (Å²) in [7, 11) is 0. The fourth-order valence-electron chi connectivity index (χ4n) is 2.75. The number of benzene rings is 2. The minimum Gasteiger partial charge on any atom is -0.313 e. The van der Waals surface area contributed by atoms with Gasteiger partial charge in [0, 0.05) is 23.5 Å². The molecule has 1 aliphatic heterocycles. The number of hydrogen-bond acceptors (Lipinski definition) is 4. The number of nitrogens with zero attached hydrogens (tertiary/aromatic N) is 2. The van der Waals surface area contributed by atoms with E-state index in [9.17, 15) is 9.18 Å². The summed E-state index contributed by atoms with van der Waals surface area (Å²) < 4.78 is 13.1. The van der Waals surface area contributed by atoms with Crippen LogP contribution in [0.1, 0.15) is 27.9 Å². The fourth-order valence-corrected chi connectivity index (χ4v) is 3.71. The Morgan fingerprint density at radius 2 is 1.96 bits per heavy atom. The van der Waals surface area contributed by atoms with E-state index < -0.39 is 0 Å². The number of Topliss-reactive ketones (excluding diaryl/α,β-unsaturated/α-hetero) is 1. The third-order valence-corrected chi connectivity index (χ3v) is 5.24. The lowest BCUT2D eigenvalue weighted by Crippen LogP contribution is -2.36. The van der Waals surface area contributed by atoms with E-state index in [1.165, 1.54) is 24.3 Å². The number of rotatable bonds is 4. The van der Waals surface area contributed by atoms with E-state index in [1.54, 1.807) is 11.8 Å². The molecule has 0 N–H and O–H groups in total. The maximum absolute atomic E-state index is 13.1. The molecule has 25 heavy (non-hydrogen) atoms. The van der Waals surface area contributed by atoms with E-state index in [1.807, 2.05) is 18.7 Å². The minimum atomic E-state index is -0.338. The van der Waals surface area contributed by atoms with Gasteiger partial charge in [-0.05, 0) is 61.7 Å². The van der Waals surface area contributed by atoms with Gasteiger partial charge in [0.2, 0.25) is 0 Å². The molecule has 3 rings (SSSR count). The molecule has 0 spiro atoms. The number of aryl methyl sites for hydroxylation is 2. The lowest BCUT2D eigenvalue weighted by molar-refractivity contribution is 0.100. The number of carbonyl (C=O) groups excluding carboxylic acids is 1. The number of amidine groups is 1. The summed E-state index contributed by atoms with van der Waals surface area (Å²) in [4.78, 5) is 19.4. The fraction of sp³-hybridized carbons (Fsp3) is 0.300. The Kier molecular flexibility index (Phi) is 5.53. The number of aliphatic imine (C=N–C) groups is 1. The third kappa shape index (κ3) is 4.28. The predicted molar refractivity (Wildman–Crippen MR) is 103 cm³/mol. The molecule has 0 atom stereocenters. The molecular formula is C20H21FN2OS. The van der Waals surface area contributed by atoms with Crippen LogP contribution in [0, 0.1) is 19.7 Å². The normalized spacial score (nSPS) is 14.1. The molecule has 1 heterocycles. The highest BCUT2D eigenvalue weighted by Gasteiger charge is 2.22. The molecule has 2 aromatic rings.